The van der Waals surface area contributed by atoms with E-state index < -0.39 is 28.1 Å². The highest BCUT2D eigenvalue weighted by atomic mass is 35.5. The molecule has 3 aromatic carbocycles. The molecule has 0 bridgehead atoms. The SMILES string of the molecule is Cc1ccc(Cl)cc1N(CC(=O)NC1CC(C)(C)Oc2ccccc21)S(=O)(=O)c1ccccc1. The molecule has 0 spiro atoms. The largest absolute Gasteiger partial charge is 0.487 e. The number of ether oxygens (including phenoxy) is 1. The van der Waals surface area contributed by atoms with E-state index in [2.05, 4.69) is 5.32 Å². The molecule has 0 fully saturated rings. The summed E-state index contributed by atoms with van der Waals surface area (Å²) in [6.45, 7) is 5.32. The van der Waals surface area contributed by atoms with Crippen LogP contribution in [0.3, 0.4) is 0 Å². The van der Waals surface area contributed by atoms with Gasteiger partial charge < -0.3 is 10.1 Å². The molecule has 1 N–H and O–H groups in total. The normalized spacial score (nSPS) is 16.8. The van der Waals surface area contributed by atoms with Gasteiger partial charge in [0.05, 0.1) is 16.6 Å². The fourth-order valence-electron chi connectivity index (χ4n) is 4.17. The minimum absolute atomic E-state index is 0.0970. The number of para-hydroxylation sites is 1. The molecule has 0 saturated carbocycles. The Hall–Kier alpha value is -3.03. The minimum Gasteiger partial charge on any atom is -0.487 e. The van der Waals surface area contributed by atoms with Crippen LogP contribution >= 0.6 is 11.6 Å². The average Bonchev–Trinajstić information content (AvgIpc) is 2.79. The molecule has 34 heavy (non-hydrogen) atoms. The van der Waals surface area contributed by atoms with E-state index in [1.807, 2.05) is 38.1 Å². The Bertz CT molecular complexity index is 1310. The number of rotatable bonds is 6. The number of hydrogen-bond acceptors (Lipinski definition) is 4. The second-order valence-electron chi connectivity index (χ2n) is 8.98. The molecule has 178 valence electrons. The van der Waals surface area contributed by atoms with Gasteiger partial charge in [0.1, 0.15) is 17.9 Å². The lowest BCUT2D eigenvalue weighted by Gasteiger charge is -2.38. The average molecular weight is 499 g/mol. The Morgan fingerprint density at radius 2 is 1.76 bits per heavy atom. The lowest BCUT2D eigenvalue weighted by atomic mass is 9.89. The first-order valence-corrected chi connectivity index (χ1v) is 12.8. The van der Waals surface area contributed by atoms with Gasteiger partial charge in [-0.05, 0) is 56.7 Å². The van der Waals surface area contributed by atoms with Crippen molar-refractivity contribution in [1.29, 1.82) is 0 Å². The predicted molar refractivity (Wildman–Crippen MR) is 134 cm³/mol. The van der Waals surface area contributed by atoms with E-state index in [1.54, 1.807) is 43.3 Å². The first-order chi connectivity index (χ1) is 16.1. The Labute approximate surface area is 205 Å². The van der Waals surface area contributed by atoms with Gasteiger partial charge in [0.25, 0.3) is 10.0 Å². The van der Waals surface area contributed by atoms with Gasteiger partial charge in [-0.15, -0.1) is 0 Å². The van der Waals surface area contributed by atoms with E-state index >= 15 is 0 Å². The summed E-state index contributed by atoms with van der Waals surface area (Å²) in [5.74, 6) is 0.292. The molecule has 6 nitrogen and oxygen atoms in total. The molecule has 1 amide bonds. The van der Waals surface area contributed by atoms with Gasteiger partial charge in [-0.2, -0.15) is 0 Å². The Morgan fingerprint density at radius 1 is 1.09 bits per heavy atom. The summed E-state index contributed by atoms with van der Waals surface area (Å²) >= 11 is 6.20. The number of fused-ring (bicyclic) bond motifs is 1. The lowest BCUT2D eigenvalue weighted by Crippen LogP contribution is -2.45. The van der Waals surface area contributed by atoms with Gasteiger partial charge in [-0.1, -0.05) is 54.1 Å². The number of amides is 1. The third-order valence-electron chi connectivity index (χ3n) is 5.77. The third-order valence-corrected chi connectivity index (χ3v) is 7.78. The highest BCUT2D eigenvalue weighted by Crippen LogP contribution is 2.39. The number of nitrogens with zero attached hydrogens (tertiary/aromatic N) is 1. The highest BCUT2D eigenvalue weighted by molar-refractivity contribution is 7.92. The molecular formula is C26H27ClN2O4S. The molecule has 8 heteroatoms. The van der Waals surface area contributed by atoms with E-state index in [4.69, 9.17) is 16.3 Å². The minimum atomic E-state index is -4.02. The molecular weight excluding hydrogens is 472 g/mol. The summed E-state index contributed by atoms with van der Waals surface area (Å²) < 4.78 is 34.4. The van der Waals surface area contributed by atoms with Crippen LogP contribution in [0.15, 0.2) is 77.7 Å². The van der Waals surface area contributed by atoms with Crippen LogP contribution in [0.2, 0.25) is 5.02 Å². The zero-order valence-corrected chi connectivity index (χ0v) is 20.9. The van der Waals surface area contributed by atoms with Gasteiger partial charge in [-0.3, -0.25) is 9.10 Å². The van der Waals surface area contributed by atoms with Crippen molar-refractivity contribution in [2.45, 2.75) is 43.7 Å². The van der Waals surface area contributed by atoms with E-state index in [0.717, 1.165) is 9.87 Å². The van der Waals surface area contributed by atoms with E-state index in [0.29, 0.717) is 28.4 Å². The van der Waals surface area contributed by atoms with Crippen LogP contribution in [0, 0.1) is 6.92 Å². The summed E-state index contributed by atoms with van der Waals surface area (Å²) in [4.78, 5) is 13.4. The van der Waals surface area contributed by atoms with Crippen LogP contribution in [0.1, 0.15) is 37.4 Å². The van der Waals surface area contributed by atoms with E-state index in [1.165, 1.54) is 12.1 Å². The summed E-state index contributed by atoms with van der Waals surface area (Å²) in [6, 6.07) is 20.3. The van der Waals surface area contributed by atoms with Gasteiger partial charge in [0, 0.05) is 17.0 Å². The molecule has 0 aromatic heterocycles. The maximum Gasteiger partial charge on any atom is 0.264 e. The van der Waals surface area contributed by atoms with Crippen molar-refractivity contribution in [1.82, 2.24) is 5.32 Å². The molecule has 1 aliphatic heterocycles. The molecule has 4 rings (SSSR count). The van der Waals surface area contributed by atoms with Crippen molar-refractivity contribution in [2.75, 3.05) is 10.8 Å². The topological polar surface area (TPSA) is 75.7 Å². The number of nitrogens with one attached hydrogen (secondary N) is 1. The Morgan fingerprint density at radius 3 is 2.50 bits per heavy atom. The van der Waals surface area contributed by atoms with Crippen molar-refractivity contribution in [2.24, 2.45) is 0 Å². The standard InChI is InChI=1S/C26H27ClN2O4S/c1-18-13-14-19(27)15-23(18)29(34(31,32)20-9-5-4-6-10-20)17-25(30)28-22-16-26(2,3)33-24-12-8-7-11-21(22)24/h4-15,22H,16-17H2,1-3H3,(H,28,30). The van der Waals surface area contributed by atoms with E-state index in [-0.39, 0.29) is 10.9 Å². The number of carbonyl (C=O) groups is 1. The van der Waals surface area contributed by atoms with Crippen molar-refractivity contribution in [3.8, 4) is 5.75 Å². The summed E-state index contributed by atoms with van der Waals surface area (Å²) in [5, 5.41) is 3.41. The van der Waals surface area contributed by atoms with Crippen LogP contribution in [0.5, 0.6) is 5.75 Å². The summed E-state index contributed by atoms with van der Waals surface area (Å²) in [7, 11) is -4.02. The van der Waals surface area contributed by atoms with Gasteiger partial charge in [0.2, 0.25) is 5.91 Å². The summed E-state index contributed by atoms with van der Waals surface area (Å²) in [6.07, 6.45) is 0.553. The first kappa shape index (κ1) is 24.1. The quantitative estimate of drug-likeness (QED) is 0.503. The number of halogens is 1. The predicted octanol–water partition coefficient (Wildman–Crippen LogP) is 5.26. The number of hydrogen-bond donors (Lipinski definition) is 1. The van der Waals surface area contributed by atoms with Gasteiger partial charge in [0.15, 0.2) is 0 Å². The fourth-order valence-corrected chi connectivity index (χ4v) is 5.84. The van der Waals surface area contributed by atoms with Crippen molar-refractivity contribution in [3.63, 3.8) is 0 Å². The number of benzene rings is 3. The van der Waals surface area contributed by atoms with Crippen LogP contribution in [0.25, 0.3) is 0 Å². The second kappa shape index (κ2) is 9.31. The van der Waals surface area contributed by atoms with Crippen LogP contribution < -0.4 is 14.4 Å². The van der Waals surface area contributed by atoms with Crippen molar-refractivity contribution >= 4 is 33.2 Å². The molecule has 3 aromatic rings. The molecule has 1 heterocycles. The Kier molecular flexibility index (Phi) is 6.60. The number of carbonyl (C=O) groups excluding carboxylic acids is 1. The molecule has 1 aliphatic rings. The molecule has 1 atom stereocenters. The maximum atomic E-state index is 13.6. The van der Waals surface area contributed by atoms with Gasteiger partial charge in [-0.25, -0.2) is 8.42 Å². The first-order valence-electron chi connectivity index (χ1n) is 11.0. The second-order valence-corrected chi connectivity index (χ2v) is 11.3. The number of aryl methyl sites for hydroxylation is 1. The molecule has 0 aliphatic carbocycles. The van der Waals surface area contributed by atoms with Gasteiger partial charge >= 0.3 is 0 Å². The molecule has 1 unspecified atom stereocenters. The monoisotopic (exact) mass is 498 g/mol. The highest BCUT2D eigenvalue weighted by Gasteiger charge is 2.35. The number of sulfonamides is 1. The fraction of sp³-hybridized carbons (Fsp3) is 0.269. The zero-order chi connectivity index (χ0) is 24.5. The maximum absolute atomic E-state index is 13.6. The number of anilines is 1. The van der Waals surface area contributed by atoms with Crippen LogP contribution in [-0.2, 0) is 14.8 Å². The van der Waals surface area contributed by atoms with Crippen LogP contribution in [0.4, 0.5) is 5.69 Å². The molecule has 0 saturated heterocycles. The molecule has 0 radical (unpaired) electrons. The lowest BCUT2D eigenvalue weighted by molar-refractivity contribution is -0.120. The third kappa shape index (κ3) is 5.05. The van der Waals surface area contributed by atoms with Crippen molar-refractivity contribution in [3.05, 3.63) is 88.9 Å². The summed E-state index contributed by atoms with van der Waals surface area (Å²) in [5.41, 5.74) is 1.44. The van der Waals surface area contributed by atoms with Crippen molar-refractivity contribution < 1.29 is 17.9 Å². The van der Waals surface area contributed by atoms with Crippen LogP contribution in [-0.4, -0.2) is 26.5 Å². The zero-order valence-electron chi connectivity index (χ0n) is 19.3. The Balaban J connectivity index is 1.67. The smallest absolute Gasteiger partial charge is 0.264 e. The van der Waals surface area contributed by atoms with E-state index in [9.17, 15) is 13.2 Å².